The summed E-state index contributed by atoms with van der Waals surface area (Å²) in [6, 6.07) is 10.5. The predicted octanol–water partition coefficient (Wildman–Crippen LogP) is 2.45. The average molecular weight is 314 g/mol. The molecule has 1 aliphatic heterocycles. The summed E-state index contributed by atoms with van der Waals surface area (Å²) in [5, 5.41) is 13.6. The first-order valence-corrected chi connectivity index (χ1v) is 8.23. The molecule has 0 saturated carbocycles. The smallest absolute Gasteiger partial charge is 0.338 e. The SMILES string of the molecule is CC(C)(OC(=O)c1ccc2cc(O)ccc2c1)C1CC[NH2+]CC1. The Morgan fingerprint density at radius 1 is 1.13 bits per heavy atom. The van der Waals surface area contributed by atoms with E-state index in [0.29, 0.717) is 11.5 Å². The number of benzene rings is 2. The number of rotatable bonds is 3. The van der Waals surface area contributed by atoms with Gasteiger partial charge < -0.3 is 15.2 Å². The fourth-order valence-corrected chi connectivity index (χ4v) is 3.36. The largest absolute Gasteiger partial charge is 0.508 e. The topological polar surface area (TPSA) is 63.1 Å². The normalized spacial score (nSPS) is 16.4. The van der Waals surface area contributed by atoms with Crippen LogP contribution >= 0.6 is 0 Å². The maximum absolute atomic E-state index is 12.5. The van der Waals surface area contributed by atoms with Gasteiger partial charge in [-0.15, -0.1) is 0 Å². The van der Waals surface area contributed by atoms with Gasteiger partial charge in [-0.05, 0) is 48.9 Å². The average Bonchev–Trinajstić information content (AvgIpc) is 2.54. The lowest BCUT2D eigenvalue weighted by Gasteiger charge is -2.35. The van der Waals surface area contributed by atoms with Crippen molar-refractivity contribution in [2.75, 3.05) is 13.1 Å². The van der Waals surface area contributed by atoms with Gasteiger partial charge in [0.25, 0.3) is 0 Å². The maximum atomic E-state index is 12.5. The van der Waals surface area contributed by atoms with Crippen LogP contribution in [0.3, 0.4) is 0 Å². The van der Waals surface area contributed by atoms with Gasteiger partial charge in [-0.2, -0.15) is 0 Å². The summed E-state index contributed by atoms with van der Waals surface area (Å²) in [6.07, 6.45) is 2.16. The summed E-state index contributed by atoms with van der Waals surface area (Å²) < 4.78 is 5.83. The van der Waals surface area contributed by atoms with Crippen molar-refractivity contribution >= 4 is 16.7 Å². The number of phenolic OH excluding ortho intramolecular Hbond substituents is 1. The van der Waals surface area contributed by atoms with Crippen molar-refractivity contribution < 1.29 is 20.0 Å². The van der Waals surface area contributed by atoms with Crippen LogP contribution < -0.4 is 5.32 Å². The molecule has 1 fully saturated rings. The van der Waals surface area contributed by atoms with Crippen LogP contribution in [0.25, 0.3) is 10.8 Å². The van der Waals surface area contributed by atoms with Crippen LogP contribution in [-0.4, -0.2) is 29.8 Å². The first kappa shape index (κ1) is 15.8. The Bertz CT molecular complexity index is 718. The Balaban J connectivity index is 1.78. The molecule has 3 N–H and O–H groups in total. The minimum atomic E-state index is -0.449. The second-order valence-electron chi connectivity index (χ2n) is 6.88. The molecule has 0 radical (unpaired) electrons. The second-order valence-corrected chi connectivity index (χ2v) is 6.88. The molecule has 1 aliphatic rings. The van der Waals surface area contributed by atoms with Gasteiger partial charge in [0.15, 0.2) is 0 Å². The third kappa shape index (κ3) is 3.48. The number of quaternary nitrogens is 1. The zero-order chi connectivity index (χ0) is 16.4. The lowest BCUT2D eigenvalue weighted by Crippen LogP contribution is -2.86. The van der Waals surface area contributed by atoms with Crippen molar-refractivity contribution in [1.82, 2.24) is 0 Å². The highest BCUT2D eigenvalue weighted by Crippen LogP contribution is 2.29. The van der Waals surface area contributed by atoms with Crippen LogP contribution in [0.4, 0.5) is 0 Å². The molecular weight excluding hydrogens is 290 g/mol. The van der Waals surface area contributed by atoms with Crippen molar-refractivity contribution in [2.45, 2.75) is 32.3 Å². The van der Waals surface area contributed by atoms with E-state index in [-0.39, 0.29) is 11.7 Å². The lowest BCUT2D eigenvalue weighted by molar-refractivity contribution is -0.665. The number of carbonyl (C=O) groups excluding carboxylic acids is 1. The number of aromatic hydroxyl groups is 1. The summed E-state index contributed by atoms with van der Waals surface area (Å²) in [4.78, 5) is 12.5. The molecule has 0 atom stereocenters. The molecule has 4 nitrogen and oxygen atoms in total. The highest BCUT2D eigenvalue weighted by Gasteiger charge is 2.35. The molecule has 2 aromatic rings. The number of esters is 1. The summed E-state index contributed by atoms with van der Waals surface area (Å²) in [5.41, 5.74) is 0.105. The van der Waals surface area contributed by atoms with Gasteiger partial charge in [-0.25, -0.2) is 4.79 Å². The van der Waals surface area contributed by atoms with E-state index in [1.807, 2.05) is 32.0 Å². The van der Waals surface area contributed by atoms with Gasteiger partial charge in [0.2, 0.25) is 0 Å². The zero-order valence-electron chi connectivity index (χ0n) is 13.7. The Morgan fingerprint density at radius 3 is 2.52 bits per heavy atom. The summed E-state index contributed by atoms with van der Waals surface area (Å²) in [5.74, 6) is 0.358. The number of carbonyl (C=O) groups is 1. The second kappa shape index (κ2) is 6.20. The number of hydrogen-bond acceptors (Lipinski definition) is 3. The van der Waals surface area contributed by atoms with Crippen molar-refractivity contribution in [2.24, 2.45) is 5.92 Å². The van der Waals surface area contributed by atoms with Crippen LogP contribution in [0.5, 0.6) is 5.75 Å². The highest BCUT2D eigenvalue weighted by molar-refractivity contribution is 5.95. The van der Waals surface area contributed by atoms with Gasteiger partial charge in [0.1, 0.15) is 11.4 Å². The van der Waals surface area contributed by atoms with Crippen molar-refractivity contribution in [3.05, 3.63) is 42.0 Å². The molecular formula is C19H24NO3+. The van der Waals surface area contributed by atoms with E-state index >= 15 is 0 Å². The number of nitrogens with two attached hydrogens (primary N) is 1. The van der Waals surface area contributed by atoms with Crippen molar-refractivity contribution in [3.8, 4) is 5.75 Å². The molecule has 122 valence electrons. The molecule has 3 rings (SSSR count). The minimum absolute atomic E-state index is 0.225. The van der Waals surface area contributed by atoms with Crippen molar-refractivity contribution in [3.63, 3.8) is 0 Å². The maximum Gasteiger partial charge on any atom is 0.338 e. The number of ether oxygens (including phenoxy) is 1. The van der Waals surface area contributed by atoms with Crippen LogP contribution in [0, 0.1) is 5.92 Å². The quantitative estimate of drug-likeness (QED) is 0.856. The molecule has 0 amide bonds. The number of phenols is 1. The minimum Gasteiger partial charge on any atom is -0.508 e. The standard InChI is InChI=1S/C19H23NO3/c1-19(2,16-7-9-20-10-8-16)23-18(22)15-4-3-14-12-17(21)6-5-13(14)11-15/h3-6,11-12,16,20-21H,7-10H2,1-2H3/p+1. The van der Waals surface area contributed by atoms with Gasteiger partial charge in [-0.3, -0.25) is 0 Å². The highest BCUT2D eigenvalue weighted by atomic mass is 16.6. The Labute approximate surface area is 136 Å². The summed E-state index contributed by atoms with van der Waals surface area (Å²) >= 11 is 0. The molecule has 0 unspecified atom stereocenters. The molecule has 0 bridgehead atoms. The molecule has 0 aromatic heterocycles. The van der Waals surface area contributed by atoms with Crippen molar-refractivity contribution in [1.29, 1.82) is 0 Å². The molecule has 4 heteroatoms. The molecule has 1 saturated heterocycles. The lowest BCUT2D eigenvalue weighted by atomic mass is 9.83. The van der Waals surface area contributed by atoms with E-state index in [0.717, 1.165) is 36.7 Å². The van der Waals surface area contributed by atoms with Crippen LogP contribution in [0.2, 0.25) is 0 Å². The Kier molecular flexibility index (Phi) is 4.26. The first-order valence-electron chi connectivity index (χ1n) is 8.23. The van der Waals surface area contributed by atoms with Gasteiger partial charge >= 0.3 is 5.97 Å². The molecule has 1 heterocycles. The fraction of sp³-hybridized carbons (Fsp3) is 0.421. The van der Waals surface area contributed by atoms with E-state index in [2.05, 4.69) is 5.32 Å². The molecule has 23 heavy (non-hydrogen) atoms. The van der Waals surface area contributed by atoms with Gasteiger partial charge in [0.05, 0.1) is 18.7 Å². The monoisotopic (exact) mass is 314 g/mol. The zero-order valence-corrected chi connectivity index (χ0v) is 13.7. The molecule has 0 spiro atoms. The Morgan fingerprint density at radius 2 is 1.78 bits per heavy atom. The van der Waals surface area contributed by atoms with Gasteiger partial charge in [0, 0.05) is 18.8 Å². The van der Waals surface area contributed by atoms with Gasteiger partial charge in [-0.1, -0.05) is 12.1 Å². The van der Waals surface area contributed by atoms with Crippen LogP contribution in [0.1, 0.15) is 37.0 Å². The number of fused-ring (bicyclic) bond motifs is 1. The van der Waals surface area contributed by atoms with E-state index in [1.165, 1.54) is 0 Å². The Hall–Kier alpha value is -2.07. The van der Waals surface area contributed by atoms with E-state index in [9.17, 15) is 9.90 Å². The fourth-order valence-electron chi connectivity index (χ4n) is 3.36. The first-order chi connectivity index (χ1) is 11.0. The summed E-state index contributed by atoms with van der Waals surface area (Å²) in [7, 11) is 0. The number of hydrogen-bond donors (Lipinski definition) is 2. The number of piperidine rings is 1. The third-order valence-electron chi connectivity index (χ3n) is 4.84. The molecule has 0 aliphatic carbocycles. The molecule has 2 aromatic carbocycles. The van der Waals surface area contributed by atoms with Crippen LogP contribution in [0.15, 0.2) is 36.4 Å². The summed E-state index contributed by atoms with van der Waals surface area (Å²) in [6.45, 7) is 6.23. The predicted molar refractivity (Wildman–Crippen MR) is 89.5 cm³/mol. The van der Waals surface area contributed by atoms with E-state index in [1.54, 1.807) is 18.2 Å². The van der Waals surface area contributed by atoms with Crippen LogP contribution in [-0.2, 0) is 4.74 Å². The van der Waals surface area contributed by atoms with E-state index < -0.39 is 5.60 Å². The third-order valence-corrected chi connectivity index (χ3v) is 4.84. The van der Waals surface area contributed by atoms with E-state index in [4.69, 9.17) is 4.74 Å².